The van der Waals surface area contributed by atoms with Crippen LogP contribution < -0.4 is 10.1 Å². The lowest BCUT2D eigenvalue weighted by Gasteiger charge is -2.21. The average molecular weight is 276 g/mol. The number of anilines is 1. The maximum atomic E-state index is 11.3. The molecule has 0 saturated heterocycles. The lowest BCUT2D eigenvalue weighted by molar-refractivity contribution is -0.385. The zero-order chi connectivity index (χ0) is 14.4. The van der Waals surface area contributed by atoms with Crippen LogP contribution in [0.1, 0.15) is 32.6 Å². The summed E-state index contributed by atoms with van der Waals surface area (Å²) in [6.45, 7) is 2.46. The van der Waals surface area contributed by atoms with Gasteiger partial charge in [-0.25, -0.2) is 0 Å². The second kappa shape index (κ2) is 6.93. The van der Waals surface area contributed by atoms with Crippen LogP contribution in [-0.2, 0) is 0 Å². The molecule has 0 aliphatic heterocycles. The van der Waals surface area contributed by atoms with Crippen molar-refractivity contribution in [3.63, 3.8) is 0 Å². The molecular formula is C15H20N2O3. The van der Waals surface area contributed by atoms with Gasteiger partial charge in [-0.15, -0.1) is 0 Å². The third-order valence-corrected chi connectivity index (χ3v) is 3.27. The first-order valence-electron chi connectivity index (χ1n) is 7.04. The van der Waals surface area contributed by atoms with E-state index in [1.54, 1.807) is 18.2 Å². The van der Waals surface area contributed by atoms with Crippen molar-refractivity contribution < 1.29 is 9.66 Å². The van der Waals surface area contributed by atoms with Crippen molar-refractivity contribution >= 4 is 11.4 Å². The topological polar surface area (TPSA) is 64.4 Å². The highest BCUT2D eigenvalue weighted by atomic mass is 16.6. The van der Waals surface area contributed by atoms with Gasteiger partial charge in [0.15, 0.2) is 5.75 Å². The summed E-state index contributed by atoms with van der Waals surface area (Å²) in [7, 11) is 0. The van der Waals surface area contributed by atoms with Crippen LogP contribution >= 0.6 is 0 Å². The predicted molar refractivity (Wildman–Crippen MR) is 79.3 cm³/mol. The van der Waals surface area contributed by atoms with E-state index in [4.69, 9.17) is 4.74 Å². The van der Waals surface area contributed by atoms with E-state index in [0.29, 0.717) is 18.0 Å². The van der Waals surface area contributed by atoms with Gasteiger partial charge < -0.3 is 10.1 Å². The molecule has 0 bridgehead atoms. The zero-order valence-electron chi connectivity index (χ0n) is 11.7. The molecule has 1 aromatic carbocycles. The highest BCUT2D eigenvalue weighted by Crippen LogP contribution is 2.36. The van der Waals surface area contributed by atoms with Gasteiger partial charge in [0.05, 0.1) is 11.5 Å². The third kappa shape index (κ3) is 3.50. The summed E-state index contributed by atoms with van der Waals surface area (Å²) in [6, 6.07) is 5.44. The highest BCUT2D eigenvalue weighted by Gasteiger charge is 2.23. The van der Waals surface area contributed by atoms with Crippen molar-refractivity contribution in [2.45, 2.75) is 38.6 Å². The van der Waals surface area contributed by atoms with Crippen molar-refractivity contribution in [1.82, 2.24) is 0 Å². The fourth-order valence-corrected chi connectivity index (χ4v) is 2.30. The minimum absolute atomic E-state index is 0.0375. The largest absolute Gasteiger partial charge is 0.487 e. The van der Waals surface area contributed by atoms with Gasteiger partial charge in [-0.3, -0.25) is 10.1 Å². The molecule has 1 atom stereocenters. The quantitative estimate of drug-likeness (QED) is 0.486. The number of para-hydroxylation sites is 1. The summed E-state index contributed by atoms with van der Waals surface area (Å²) in [4.78, 5) is 10.9. The van der Waals surface area contributed by atoms with Gasteiger partial charge in [0.1, 0.15) is 5.69 Å². The molecule has 1 aliphatic rings. The molecule has 0 heterocycles. The molecule has 0 fully saturated rings. The van der Waals surface area contributed by atoms with Gasteiger partial charge >= 0.3 is 5.69 Å². The third-order valence-electron chi connectivity index (χ3n) is 3.27. The van der Waals surface area contributed by atoms with Crippen LogP contribution in [-0.4, -0.2) is 17.6 Å². The number of nitrogens with zero attached hydrogens (tertiary/aromatic N) is 1. The van der Waals surface area contributed by atoms with Crippen LogP contribution in [0.15, 0.2) is 30.4 Å². The number of benzene rings is 1. The first-order chi connectivity index (χ1) is 9.72. The summed E-state index contributed by atoms with van der Waals surface area (Å²) < 4.78 is 5.48. The summed E-state index contributed by atoms with van der Waals surface area (Å²) in [5.74, 6) is 0.341. The van der Waals surface area contributed by atoms with E-state index in [1.165, 1.54) is 0 Å². The van der Waals surface area contributed by atoms with Gasteiger partial charge in [0.25, 0.3) is 0 Å². The van der Waals surface area contributed by atoms with Crippen molar-refractivity contribution in [1.29, 1.82) is 0 Å². The normalized spacial score (nSPS) is 17.8. The number of nitrogens with one attached hydrogen (secondary N) is 1. The van der Waals surface area contributed by atoms with E-state index in [1.807, 2.05) is 6.92 Å². The number of allylic oxidation sites excluding steroid dienone is 1. The van der Waals surface area contributed by atoms with E-state index >= 15 is 0 Å². The molecule has 1 aromatic rings. The van der Waals surface area contributed by atoms with Crippen LogP contribution in [0.25, 0.3) is 0 Å². The number of hydrogen-bond donors (Lipinski definition) is 1. The lowest BCUT2D eigenvalue weighted by Crippen LogP contribution is -2.21. The van der Waals surface area contributed by atoms with Crippen LogP contribution in [0.2, 0.25) is 0 Å². The van der Waals surface area contributed by atoms with Crippen molar-refractivity contribution in [2.75, 3.05) is 11.9 Å². The minimum Gasteiger partial charge on any atom is -0.487 e. The van der Waals surface area contributed by atoms with Crippen LogP contribution in [0.3, 0.4) is 0 Å². The Kier molecular flexibility index (Phi) is 4.98. The number of rotatable bonds is 6. The SMILES string of the molecule is CCCOc1cccc(NC2CC=CCC2)c1[N+](=O)[O-]. The molecular weight excluding hydrogens is 256 g/mol. The first-order valence-corrected chi connectivity index (χ1v) is 7.04. The van der Waals surface area contributed by atoms with E-state index in [-0.39, 0.29) is 16.7 Å². The number of ether oxygens (including phenoxy) is 1. The standard InChI is InChI=1S/C15H20N2O3/c1-2-11-20-14-10-6-9-13(15(14)17(18)19)16-12-7-4-3-5-8-12/h3-4,6,9-10,12,16H,2,5,7-8,11H2,1H3. The van der Waals surface area contributed by atoms with Crippen LogP contribution in [0, 0.1) is 10.1 Å². The van der Waals surface area contributed by atoms with Gasteiger partial charge in [-0.2, -0.15) is 0 Å². The fraction of sp³-hybridized carbons (Fsp3) is 0.467. The van der Waals surface area contributed by atoms with Gasteiger partial charge in [0.2, 0.25) is 0 Å². The average Bonchev–Trinajstić information content (AvgIpc) is 2.46. The maximum Gasteiger partial charge on any atom is 0.333 e. The molecule has 5 nitrogen and oxygen atoms in total. The molecule has 1 N–H and O–H groups in total. The van der Waals surface area contributed by atoms with Gasteiger partial charge in [-0.1, -0.05) is 25.1 Å². The van der Waals surface area contributed by atoms with Crippen molar-refractivity contribution in [2.24, 2.45) is 0 Å². The summed E-state index contributed by atoms with van der Waals surface area (Å²) >= 11 is 0. The molecule has 0 aromatic heterocycles. The monoisotopic (exact) mass is 276 g/mol. The van der Waals surface area contributed by atoms with Gasteiger partial charge in [0, 0.05) is 6.04 Å². The Balaban J connectivity index is 2.22. The number of hydrogen-bond acceptors (Lipinski definition) is 4. The number of nitro benzene ring substituents is 1. The van der Waals surface area contributed by atoms with Crippen LogP contribution in [0.4, 0.5) is 11.4 Å². The van der Waals surface area contributed by atoms with Crippen molar-refractivity contribution in [3.05, 3.63) is 40.5 Å². The first kappa shape index (κ1) is 14.4. The minimum atomic E-state index is -0.369. The highest BCUT2D eigenvalue weighted by molar-refractivity contribution is 5.68. The van der Waals surface area contributed by atoms with E-state index < -0.39 is 0 Å². The van der Waals surface area contributed by atoms with E-state index in [2.05, 4.69) is 17.5 Å². The second-order valence-electron chi connectivity index (χ2n) is 4.88. The Bertz CT molecular complexity index is 500. The summed E-state index contributed by atoms with van der Waals surface area (Å²) in [5.41, 5.74) is 0.583. The number of nitro groups is 1. The Morgan fingerprint density at radius 1 is 1.45 bits per heavy atom. The Hall–Kier alpha value is -2.04. The second-order valence-corrected chi connectivity index (χ2v) is 4.88. The Morgan fingerprint density at radius 2 is 2.30 bits per heavy atom. The Labute approximate surface area is 118 Å². The molecule has 1 unspecified atom stereocenters. The zero-order valence-corrected chi connectivity index (χ0v) is 11.7. The molecule has 0 radical (unpaired) electrons. The summed E-state index contributed by atoms with van der Waals surface area (Å²) in [5, 5.41) is 14.6. The molecule has 5 heteroatoms. The lowest BCUT2D eigenvalue weighted by atomic mass is 10.0. The van der Waals surface area contributed by atoms with Gasteiger partial charge in [-0.05, 0) is 37.8 Å². The Morgan fingerprint density at radius 3 is 2.95 bits per heavy atom. The molecule has 0 spiro atoms. The molecule has 20 heavy (non-hydrogen) atoms. The predicted octanol–water partition coefficient (Wildman–Crippen LogP) is 3.90. The van der Waals surface area contributed by atoms with Crippen molar-refractivity contribution in [3.8, 4) is 5.75 Å². The van der Waals surface area contributed by atoms with Crippen LogP contribution in [0.5, 0.6) is 5.75 Å². The molecule has 1 aliphatic carbocycles. The fourth-order valence-electron chi connectivity index (χ4n) is 2.30. The molecule has 2 rings (SSSR count). The maximum absolute atomic E-state index is 11.3. The smallest absolute Gasteiger partial charge is 0.333 e. The van der Waals surface area contributed by atoms with E-state index in [0.717, 1.165) is 25.7 Å². The molecule has 0 amide bonds. The molecule has 108 valence electrons. The van der Waals surface area contributed by atoms with E-state index in [9.17, 15) is 10.1 Å². The molecule has 0 saturated carbocycles. The summed E-state index contributed by atoms with van der Waals surface area (Å²) in [6.07, 6.45) is 7.99.